The molecule has 0 spiro atoms. The molecule has 0 aliphatic rings. The summed E-state index contributed by atoms with van der Waals surface area (Å²) in [6.07, 6.45) is 0. The predicted molar refractivity (Wildman–Crippen MR) is 77.0 cm³/mol. The second-order valence-electron chi connectivity index (χ2n) is 3.74. The fourth-order valence-electron chi connectivity index (χ4n) is 1.46. The molecule has 0 aliphatic heterocycles. The topological polar surface area (TPSA) is 37.3 Å². The Hall–Kier alpha value is -0.970. The Morgan fingerprint density at radius 2 is 2.06 bits per heavy atom. The van der Waals surface area contributed by atoms with E-state index in [0.29, 0.717) is 4.88 Å². The van der Waals surface area contributed by atoms with Crippen molar-refractivity contribution < 1.29 is 9.90 Å². The van der Waals surface area contributed by atoms with Crippen molar-refractivity contribution in [1.82, 2.24) is 0 Å². The summed E-state index contributed by atoms with van der Waals surface area (Å²) >= 11 is 8.82. The molecular formula is C13H11ClO2S2. The summed E-state index contributed by atoms with van der Waals surface area (Å²) in [6, 6.07) is 9.39. The lowest BCUT2D eigenvalue weighted by Crippen LogP contribution is -1.90. The van der Waals surface area contributed by atoms with Gasteiger partial charge in [0.2, 0.25) is 0 Å². The Morgan fingerprint density at radius 1 is 1.39 bits per heavy atom. The van der Waals surface area contributed by atoms with Gasteiger partial charge in [0.05, 0.1) is 0 Å². The molecule has 0 amide bonds. The van der Waals surface area contributed by atoms with Crippen molar-refractivity contribution in [2.75, 3.05) is 0 Å². The van der Waals surface area contributed by atoms with Crippen molar-refractivity contribution in [3.63, 3.8) is 0 Å². The van der Waals surface area contributed by atoms with Crippen molar-refractivity contribution in [2.45, 2.75) is 17.6 Å². The number of halogens is 1. The van der Waals surface area contributed by atoms with Crippen LogP contribution in [0.2, 0.25) is 5.02 Å². The molecule has 0 aliphatic carbocycles. The standard InChI is InChI=1S/C13H11ClO2S2/c1-8-9(6-12(18-8)13(15)16)7-17-11-4-2-10(14)3-5-11/h2-6H,7H2,1H3,(H,15,16). The Morgan fingerprint density at radius 3 is 2.61 bits per heavy atom. The Kier molecular flexibility index (Phi) is 4.32. The Balaban J connectivity index is 2.06. The summed E-state index contributed by atoms with van der Waals surface area (Å²) in [5.74, 6) is -0.0807. The van der Waals surface area contributed by atoms with Gasteiger partial charge < -0.3 is 5.11 Å². The van der Waals surface area contributed by atoms with E-state index >= 15 is 0 Å². The molecule has 2 rings (SSSR count). The van der Waals surface area contributed by atoms with Crippen LogP contribution in [0.4, 0.5) is 0 Å². The van der Waals surface area contributed by atoms with Gasteiger partial charge in [0.1, 0.15) is 4.88 Å². The molecule has 1 aromatic heterocycles. The van der Waals surface area contributed by atoms with Crippen LogP contribution in [-0.4, -0.2) is 11.1 Å². The monoisotopic (exact) mass is 298 g/mol. The van der Waals surface area contributed by atoms with Crippen LogP contribution in [0.1, 0.15) is 20.1 Å². The SMILES string of the molecule is Cc1sc(C(=O)O)cc1CSc1ccc(Cl)cc1. The normalized spacial score (nSPS) is 10.6. The zero-order valence-electron chi connectivity index (χ0n) is 9.64. The van der Waals surface area contributed by atoms with E-state index in [1.165, 1.54) is 11.3 Å². The van der Waals surface area contributed by atoms with E-state index in [9.17, 15) is 4.79 Å². The molecule has 0 bridgehead atoms. The molecule has 2 nitrogen and oxygen atoms in total. The number of thioether (sulfide) groups is 1. The van der Waals surface area contributed by atoms with Crippen LogP contribution >= 0.6 is 34.7 Å². The van der Waals surface area contributed by atoms with Crippen LogP contribution < -0.4 is 0 Å². The molecule has 5 heteroatoms. The van der Waals surface area contributed by atoms with Gasteiger partial charge in [-0.3, -0.25) is 0 Å². The van der Waals surface area contributed by atoms with Crippen molar-refractivity contribution >= 4 is 40.7 Å². The first kappa shape index (κ1) is 13.5. The van der Waals surface area contributed by atoms with Crippen LogP contribution in [0, 0.1) is 6.92 Å². The number of benzene rings is 1. The molecule has 0 saturated carbocycles. The minimum absolute atomic E-state index is 0.402. The number of aryl methyl sites for hydroxylation is 1. The summed E-state index contributed by atoms with van der Waals surface area (Å²) in [4.78, 5) is 13.5. The Labute approximate surface area is 119 Å². The van der Waals surface area contributed by atoms with Crippen LogP contribution in [0.3, 0.4) is 0 Å². The van der Waals surface area contributed by atoms with E-state index in [1.807, 2.05) is 31.2 Å². The fourth-order valence-corrected chi connectivity index (χ4v) is 3.51. The van der Waals surface area contributed by atoms with Gasteiger partial charge in [-0.15, -0.1) is 23.1 Å². The molecule has 2 aromatic rings. The molecule has 94 valence electrons. The van der Waals surface area contributed by atoms with Gasteiger partial charge in [-0.2, -0.15) is 0 Å². The van der Waals surface area contributed by atoms with Gasteiger partial charge in [0, 0.05) is 20.5 Å². The highest BCUT2D eigenvalue weighted by Crippen LogP contribution is 2.29. The third-order valence-electron chi connectivity index (χ3n) is 2.44. The highest BCUT2D eigenvalue weighted by Gasteiger charge is 2.11. The van der Waals surface area contributed by atoms with Crippen LogP contribution in [-0.2, 0) is 5.75 Å². The molecule has 0 unspecified atom stereocenters. The van der Waals surface area contributed by atoms with Gasteiger partial charge in [-0.25, -0.2) is 4.79 Å². The second kappa shape index (κ2) is 5.78. The summed E-state index contributed by atoms with van der Waals surface area (Å²) < 4.78 is 0. The van der Waals surface area contributed by atoms with Gasteiger partial charge in [-0.1, -0.05) is 11.6 Å². The highest BCUT2D eigenvalue weighted by atomic mass is 35.5. The molecule has 1 aromatic carbocycles. The molecule has 1 heterocycles. The maximum Gasteiger partial charge on any atom is 0.345 e. The average molecular weight is 299 g/mol. The van der Waals surface area contributed by atoms with E-state index in [4.69, 9.17) is 16.7 Å². The lowest BCUT2D eigenvalue weighted by atomic mass is 10.3. The third kappa shape index (κ3) is 3.28. The van der Waals surface area contributed by atoms with E-state index in [-0.39, 0.29) is 0 Å². The van der Waals surface area contributed by atoms with E-state index in [2.05, 4.69) is 0 Å². The second-order valence-corrected chi connectivity index (χ2v) is 6.48. The van der Waals surface area contributed by atoms with Crippen LogP contribution in [0.15, 0.2) is 35.2 Å². The van der Waals surface area contributed by atoms with E-state index in [1.54, 1.807) is 17.8 Å². The van der Waals surface area contributed by atoms with Crippen molar-refractivity contribution in [2.24, 2.45) is 0 Å². The van der Waals surface area contributed by atoms with Crippen LogP contribution in [0.5, 0.6) is 0 Å². The summed E-state index contributed by atoms with van der Waals surface area (Å²) in [5, 5.41) is 9.65. The maximum absolute atomic E-state index is 10.9. The minimum Gasteiger partial charge on any atom is -0.477 e. The summed E-state index contributed by atoms with van der Waals surface area (Å²) in [7, 11) is 0. The van der Waals surface area contributed by atoms with Gasteiger partial charge in [0.25, 0.3) is 0 Å². The predicted octanol–water partition coefficient (Wildman–Crippen LogP) is 4.70. The molecular weight excluding hydrogens is 288 g/mol. The molecule has 0 atom stereocenters. The van der Waals surface area contributed by atoms with Gasteiger partial charge >= 0.3 is 5.97 Å². The number of aromatic carboxylic acids is 1. The highest BCUT2D eigenvalue weighted by molar-refractivity contribution is 7.98. The third-order valence-corrected chi connectivity index (χ3v) is 4.83. The zero-order valence-corrected chi connectivity index (χ0v) is 12.0. The number of carboxylic acids is 1. The lowest BCUT2D eigenvalue weighted by molar-refractivity contribution is 0.0702. The molecule has 0 saturated heterocycles. The number of thiophene rings is 1. The molecule has 0 fully saturated rings. The van der Waals surface area contributed by atoms with Crippen LogP contribution in [0.25, 0.3) is 0 Å². The molecule has 1 N–H and O–H groups in total. The first-order valence-corrected chi connectivity index (χ1v) is 7.45. The summed E-state index contributed by atoms with van der Waals surface area (Å²) in [5.41, 5.74) is 1.08. The molecule has 18 heavy (non-hydrogen) atoms. The zero-order chi connectivity index (χ0) is 13.1. The quantitative estimate of drug-likeness (QED) is 0.831. The van der Waals surface area contributed by atoms with E-state index < -0.39 is 5.97 Å². The smallest absolute Gasteiger partial charge is 0.345 e. The lowest BCUT2D eigenvalue weighted by Gasteiger charge is -2.01. The number of carboxylic acid groups (broad SMARTS) is 1. The largest absolute Gasteiger partial charge is 0.477 e. The number of rotatable bonds is 4. The van der Waals surface area contributed by atoms with Crippen molar-refractivity contribution in [1.29, 1.82) is 0 Å². The fraction of sp³-hybridized carbons (Fsp3) is 0.154. The number of hydrogen-bond donors (Lipinski definition) is 1. The average Bonchev–Trinajstić information content (AvgIpc) is 2.70. The van der Waals surface area contributed by atoms with Crippen molar-refractivity contribution in [3.05, 3.63) is 50.7 Å². The number of carbonyl (C=O) groups is 1. The first-order chi connectivity index (χ1) is 8.56. The summed E-state index contributed by atoms with van der Waals surface area (Å²) in [6.45, 7) is 1.95. The molecule has 0 radical (unpaired) electrons. The number of hydrogen-bond acceptors (Lipinski definition) is 3. The van der Waals surface area contributed by atoms with Gasteiger partial charge in [0.15, 0.2) is 0 Å². The van der Waals surface area contributed by atoms with E-state index in [0.717, 1.165) is 26.1 Å². The maximum atomic E-state index is 10.9. The Bertz CT molecular complexity index is 561. The minimum atomic E-state index is -0.856. The van der Waals surface area contributed by atoms with Crippen molar-refractivity contribution in [3.8, 4) is 0 Å². The van der Waals surface area contributed by atoms with Gasteiger partial charge in [-0.05, 0) is 42.8 Å². The first-order valence-electron chi connectivity index (χ1n) is 5.27.